The minimum Gasteiger partial charge on any atom is -0.493 e. The molecule has 0 saturated carbocycles. The van der Waals surface area contributed by atoms with Crippen LogP contribution in [-0.4, -0.2) is 63.3 Å². The maximum Gasteiger partial charge on any atom is 0.225 e. The van der Waals surface area contributed by atoms with Gasteiger partial charge < -0.3 is 24.0 Å². The number of methoxy groups -OCH3 is 3. The van der Waals surface area contributed by atoms with E-state index in [4.69, 9.17) is 24.2 Å². The summed E-state index contributed by atoms with van der Waals surface area (Å²) in [5.41, 5.74) is 3.63. The number of carbonyl (C=O) groups excluding carboxylic acids is 1. The van der Waals surface area contributed by atoms with E-state index in [0.717, 1.165) is 11.3 Å². The summed E-state index contributed by atoms with van der Waals surface area (Å²) < 4.78 is 30.7. The third-order valence-electron chi connectivity index (χ3n) is 7.22. The van der Waals surface area contributed by atoms with E-state index in [1.54, 1.807) is 33.5 Å². The normalized spacial score (nSPS) is 17.4. The molecule has 1 aliphatic heterocycles. The lowest BCUT2D eigenvalue weighted by Crippen LogP contribution is -2.47. The van der Waals surface area contributed by atoms with Crippen molar-refractivity contribution in [3.63, 3.8) is 0 Å². The molecule has 0 radical (unpaired) electrons. The zero-order valence-electron chi connectivity index (χ0n) is 21.6. The summed E-state index contributed by atoms with van der Waals surface area (Å²) in [5, 5.41) is 0. The van der Waals surface area contributed by atoms with Gasteiger partial charge in [0.2, 0.25) is 11.7 Å². The summed E-state index contributed by atoms with van der Waals surface area (Å²) >= 11 is 0. The number of ether oxygens (including phenoxy) is 3. The number of Topliss-reactive ketones (excluding diaryl/α,β-unsaturated/α-hetero) is 1. The van der Waals surface area contributed by atoms with Crippen LogP contribution in [0.1, 0.15) is 39.6 Å². The number of piperazine rings is 1. The van der Waals surface area contributed by atoms with Crippen molar-refractivity contribution in [2.45, 2.75) is 25.7 Å². The van der Waals surface area contributed by atoms with Crippen LogP contribution in [0.25, 0.3) is 0 Å². The number of hydrogen-bond donors (Lipinski definition) is 0. The molecule has 1 fully saturated rings. The molecule has 1 saturated heterocycles. The topological polar surface area (TPSA) is 77.0 Å². The maximum atomic E-state index is 14.3. The average Bonchev–Trinajstić information content (AvgIpc) is 2.92. The summed E-state index contributed by atoms with van der Waals surface area (Å²) in [5.74, 6) is 1.99. The first-order valence-corrected chi connectivity index (χ1v) is 12.4. The van der Waals surface area contributed by atoms with E-state index in [1.165, 1.54) is 6.07 Å². The molecular formula is C28H31FN4O4. The monoisotopic (exact) mass is 506 g/mol. The summed E-state index contributed by atoms with van der Waals surface area (Å²) in [7, 11) is 4.73. The highest BCUT2D eigenvalue weighted by Crippen LogP contribution is 2.43. The molecule has 2 aliphatic rings. The number of aryl methyl sites for hydroxylation is 1. The van der Waals surface area contributed by atoms with Crippen LogP contribution >= 0.6 is 0 Å². The maximum absolute atomic E-state index is 14.3. The highest BCUT2D eigenvalue weighted by Gasteiger charge is 2.32. The number of nitrogens with zero attached hydrogens (tertiary/aromatic N) is 4. The Labute approximate surface area is 216 Å². The number of rotatable bonds is 6. The number of ketones is 1. The van der Waals surface area contributed by atoms with Gasteiger partial charge in [0.15, 0.2) is 17.3 Å². The number of aromatic nitrogens is 2. The Morgan fingerprint density at radius 2 is 1.54 bits per heavy atom. The van der Waals surface area contributed by atoms with E-state index in [-0.39, 0.29) is 17.5 Å². The lowest BCUT2D eigenvalue weighted by Gasteiger charge is -2.36. The molecule has 2 heterocycles. The van der Waals surface area contributed by atoms with Crippen molar-refractivity contribution in [2.75, 3.05) is 57.3 Å². The Morgan fingerprint density at radius 3 is 2.16 bits per heavy atom. The highest BCUT2D eigenvalue weighted by molar-refractivity contribution is 5.99. The first-order valence-electron chi connectivity index (χ1n) is 12.4. The fourth-order valence-corrected chi connectivity index (χ4v) is 5.33. The van der Waals surface area contributed by atoms with Gasteiger partial charge in [0.1, 0.15) is 5.82 Å². The molecule has 3 aromatic rings. The number of benzene rings is 2. The molecule has 8 nitrogen and oxygen atoms in total. The quantitative estimate of drug-likeness (QED) is 0.493. The minimum absolute atomic E-state index is 0.0356. The van der Waals surface area contributed by atoms with Gasteiger partial charge in [-0.2, -0.15) is 0 Å². The molecule has 9 heteroatoms. The fraction of sp³-hybridized carbons (Fsp3) is 0.393. The Morgan fingerprint density at radius 1 is 0.892 bits per heavy atom. The van der Waals surface area contributed by atoms with Crippen molar-refractivity contribution in [2.24, 2.45) is 0 Å². The number of anilines is 2. The van der Waals surface area contributed by atoms with Crippen LogP contribution in [0.2, 0.25) is 0 Å². The number of carbonyl (C=O) groups is 1. The van der Waals surface area contributed by atoms with Crippen molar-refractivity contribution >= 4 is 17.4 Å². The van der Waals surface area contributed by atoms with E-state index in [1.807, 2.05) is 30.0 Å². The molecule has 1 atom stereocenters. The first kappa shape index (κ1) is 24.8. The van der Waals surface area contributed by atoms with Gasteiger partial charge in [-0.25, -0.2) is 14.4 Å². The molecule has 0 bridgehead atoms. The summed E-state index contributed by atoms with van der Waals surface area (Å²) in [4.78, 5) is 26.9. The minimum atomic E-state index is -0.215. The fourth-order valence-electron chi connectivity index (χ4n) is 5.33. The van der Waals surface area contributed by atoms with Crippen molar-refractivity contribution in [1.29, 1.82) is 0 Å². The lowest BCUT2D eigenvalue weighted by molar-refractivity contribution is 0.0961. The van der Waals surface area contributed by atoms with Crippen LogP contribution in [0.3, 0.4) is 0 Å². The molecule has 5 rings (SSSR count). The Bertz CT molecular complexity index is 1300. The predicted molar refractivity (Wildman–Crippen MR) is 139 cm³/mol. The smallest absolute Gasteiger partial charge is 0.225 e. The van der Waals surface area contributed by atoms with Gasteiger partial charge in [0, 0.05) is 32.6 Å². The zero-order chi connectivity index (χ0) is 26.1. The second-order valence-electron chi connectivity index (χ2n) is 9.34. The van der Waals surface area contributed by atoms with E-state index >= 15 is 0 Å². The SMILES string of the molecule is COc1cc([C@@H]2CC(=O)c3c(C)nc(N4CCN(c5ccccc5F)CC4)nc3C2)cc(OC)c1OC. The van der Waals surface area contributed by atoms with Crippen LogP contribution in [0.5, 0.6) is 17.2 Å². The lowest BCUT2D eigenvalue weighted by atomic mass is 9.81. The predicted octanol–water partition coefficient (Wildman–Crippen LogP) is 4.19. The third-order valence-corrected chi connectivity index (χ3v) is 7.22. The molecule has 2 aromatic carbocycles. The van der Waals surface area contributed by atoms with Gasteiger partial charge in [-0.1, -0.05) is 12.1 Å². The van der Waals surface area contributed by atoms with Crippen LogP contribution in [0, 0.1) is 12.7 Å². The average molecular weight is 507 g/mol. The molecule has 0 spiro atoms. The van der Waals surface area contributed by atoms with Crippen molar-refractivity contribution in [1.82, 2.24) is 9.97 Å². The number of halogens is 1. The van der Waals surface area contributed by atoms with Crippen molar-refractivity contribution in [3.8, 4) is 17.2 Å². The molecule has 1 aliphatic carbocycles. The second-order valence-corrected chi connectivity index (χ2v) is 9.34. The standard InChI is InChI=1S/C28H31FN4O4/c1-17-26-21(13-18(14-23(26)34)19-15-24(35-2)27(37-4)25(16-19)36-3)31-28(30-17)33-11-9-32(10-12-33)22-8-6-5-7-20(22)29/h5-8,15-16,18H,9-14H2,1-4H3/t18-/m0/s1. The van der Waals surface area contributed by atoms with Gasteiger partial charge in [-0.15, -0.1) is 0 Å². The number of hydrogen-bond acceptors (Lipinski definition) is 8. The summed E-state index contributed by atoms with van der Waals surface area (Å²) in [6.45, 7) is 4.52. The van der Waals surface area contributed by atoms with Gasteiger partial charge in [-0.3, -0.25) is 4.79 Å². The molecule has 1 aromatic heterocycles. The molecule has 194 valence electrons. The van der Waals surface area contributed by atoms with E-state index in [9.17, 15) is 9.18 Å². The van der Waals surface area contributed by atoms with E-state index in [0.29, 0.717) is 79.2 Å². The van der Waals surface area contributed by atoms with Crippen LogP contribution in [0.15, 0.2) is 36.4 Å². The third kappa shape index (κ3) is 4.65. The Hall–Kier alpha value is -3.88. The number of fused-ring (bicyclic) bond motifs is 1. The first-order chi connectivity index (χ1) is 17.9. The van der Waals surface area contributed by atoms with E-state index in [2.05, 4.69) is 4.90 Å². The van der Waals surface area contributed by atoms with Crippen LogP contribution in [0.4, 0.5) is 16.0 Å². The molecule has 37 heavy (non-hydrogen) atoms. The Kier molecular flexibility index (Phi) is 6.86. The molecule has 0 unspecified atom stereocenters. The van der Waals surface area contributed by atoms with Gasteiger partial charge in [0.25, 0.3) is 0 Å². The van der Waals surface area contributed by atoms with Crippen molar-refractivity contribution < 1.29 is 23.4 Å². The van der Waals surface area contributed by atoms with Crippen molar-refractivity contribution in [3.05, 3.63) is 64.7 Å². The van der Waals surface area contributed by atoms with E-state index < -0.39 is 0 Å². The summed E-state index contributed by atoms with van der Waals surface area (Å²) in [6, 6.07) is 10.6. The summed E-state index contributed by atoms with van der Waals surface area (Å²) in [6.07, 6.45) is 0.960. The van der Waals surface area contributed by atoms with Gasteiger partial charge in [-0.05, 0) is 49.1 Å². The Balaban J connectivity index is 1.40. The van der Waals surface area contributed by atoms with Crippen LogP contribution < -0.4 is 24.0 Å². The van der Waals surface area contributed by atoms with Crippen LogP contribution in [-0.2, 0) is 6.42 Å². The van der Waals surface area contributed by atoms with Gasteiger partial charge >= 0.3 is 0 Å². The largest absolute Gasteiger partial charge is 0.493 e. The number of para-hydroxylation sites is 1. The molecule has 0 N–H and O–H groups in total. The second kappa shape index (κ2) is 10.2. The molecular weight excluding hydrogens is 475 g/mol. The zero-order valence-corrected chi connectivity index (χ0v) is 21.6. The van der Waals surface area contributed by atoms with Gasteiger partial charge in [0.05, 0.1) is 44.0 Å². The molecule has 0 amide bonds. The highest BCUT2D eigenvalue weighted by atomic mass is 19.1.